The molecule has 0 aliphatic heterocycles. The number of aliphatic hydroxyl groups excluding tert-OH is 2. The molecule has 0 saturated heterocycles. The summed E-state index contributed by atoms with van der Waals surface area (Å²) >= 11 is 0. The van der Waals surface area contributed by atoms with E-state index in [1.54, 1.807) is 6.08 Å². The molecule has 0 fully saturated rings. The number of hydrogen-bond acceptors (Lipinski definition) is 5. The van der Waals surface area contributed by atoms with E-state index in [-0.39, 0.29) is 18.5 Å². The molecule has 3 N–H and O–H groups in total. The highest BCUT2D eigenvalue weighted by Gasteiger charge is 2.18. The van der Waals surface area contributed by atoms with Gasteiger partial charge in [-0.3, -0.25) is 9.59 Å². The Morgan fingerprint density at radius 1 is 0.365 bits per heavy atom. The minimum atomic E-state index is -0.850. The van der Waals surface area contributed by atoms with E-state index in [1.807, 2.05) is 6.08 Å². The number of hydrogen-bond donors (Lipinski definition) is 3. The second kappa shape index (κ2) is 63.9. The number of esters is 1. The number of aliphatic hydroxyl groups is 2. The fraction of sp³-hybridized carbons (Fsp3) is 0.912. The van der Waals surface area contributed by atoms with Crippen molar-refractivity contribution < 1.29 is 24.5 Å². The van der Waals surface area contributed by atoms with Gasteiger partial charge in [-0.15, -0.1) is 0 Å². The predicted octanol–water partition coefficient (Wildman–Crippen LogP) is 21.4. The normalized spacial score (nSPS) is 12.6. The van der Waals surface area contributed by atoms with Crippen LogP contribution in [0.5, 0.6) is 0 Å². The standard InChI is InChI=1S/C68H131NO5/c1-3-5-7-9-11-13-15-17-19-21-28-32-36-40-44-48-52-56-60-66(71)65(64-70)69-67(72)61-57-53-49-45-41-37-33-29-26-24-23-25-27-31-35-39-43-47-51-55-59-63-74-68(73)62-58-54-50-46-42-38-34-30-22-20-18-16-14-12-10-8-6-4-2/h24,26,56,60,65-66,70-71H,3-23,25,27-55,57-59,61-64H2,1-2H3,(H,69,72)/b26-24-,60-56+. The van der Waals surface area contributed by atoms with Gasteiger partial charge in [0.2, 0.25) is 5.91 Å². The molecular weight excluding hydrogens is 911 g/mol. The van der Waals surface area contributed by atoms with Crippen molar-refractivity contribution in [1.29, 1.82) is 0 Å². The van der Waals surface area contributed by atoms with Crippen LogP contribution in [0.1, 0.15) is 373 Å². The molecule has 2 atom stereocenters. The van der Waals surface area contributed by atoms with Crippen LogP contribution in [-0.4, -0.2) is 47.4 Å². The Morgan fingerprint density at radius 3 is 0.959 bits per heavy atom. The van der Waals surface area contributed by atoms with E-state index in [0.717, 1.165) is 44.9 Å². The van der Waals surface area contributed by atoms with Crippen molar-refractivity contribution in [3.05, 3.63) is 24.3 Å². The number of ether oxygens (including phenoxy) is 1. The minimum absolute atomic E-state index is 0.0126. The molecule has 6 nitrogen and oxygen atoms in total. The Hall–Kier alpha value is -1.66. The Kier molecular flexibility index (Phi) is 62.4. The van der Waals surface area contributed by atoms with Gasteiger partial charge < -0.3 is 20.3 Å². The molecule has 0 heterocycles. The Morgan fingerprint density at radius 2 is 0.635 bits per heavy atom. The van der Waals surface area contributed by atoms with Crippen LogP contribution in [0.25, 0.3) is 0 Å². The van der Waals surface area contributed by atoms with Crippen LogP contribution in [0, 0.1) is 0 Å². The lowest BCUT2D eigenvalue weighted by molar-refractivity contribution is -0.143. The van der Waals surface area contributed by atoms with Crippen LogP contribution in [0.15, 0.2) is 24.3 Å². The molecule has 0 rings (SSSR count). The molecule has 0 bridgehead atoms. The minimum Gasteiger partial charge on any atom is -0.466 e. The van der Waals surface area contributed by atoms with Gasteiger partial charge in [-0.1, -0.05) is 327 Å². The van der Waals surface area contributed by atoms with Gasteiger partial charge in [0.1, 0.15) is 0 Å². The molecular formula is C68H131NO5. The molecule has 74 heavy (non-hydrogen) atoms. The smallest absolute Gasteiger partial charge is 0.305 e. The summed E-state index contributed by atoms with van der Waals surface area (Å²) in [5, 5.41) is 23.2. The highest BCUT2D eigenvalue weighted by atomic mass is 16.5. The first-order valence-corrected chi connectivity index (χ1v) is 33.6. The van der Waals surface area contributed by atoms with E-state index in [4.69, 9.17) is 4.74 Å². The number of allylic oxidation sites excluding steroid dienone is 3. The van der Waals surface area contributed by atoms with Crippen LogP contribution < -0.4 is 5.32 Å². The van der Waals surface area contributed by atoms with Gasteiger partial charge in [-0.25, -0.2) is 0 Å². The molecule has 0 aromatic heterocycles. The summed E-state index contributed by atoms with van der Waals surface area (Å²) in [4.78, 5) is 24.6. The SMILES string of the molecule is CCCCCCCCCCCCCCCCCC/C=C/C(O)C(CO)NC(=O)CCCCCCCCC/C=C\CCCCCCCCCCCCOC(=O)CCCCCCCCCCCCCCCCCCCC. The molecule has 2 unspecified atom stereocenters. The highest BCUT2D eigenvalue weighted by Crippen LogP contribution is 2.18. The number of carbonyl (C=O) groups is 2. The van der Waals surface area contributed by atoms with Gasteiger partial charge in [0.15, 0.2) is 0 Å². The first kappa shape index (κ1) is 72.3. The van der Waals surface area contributed by atoms with Gasteiger partial charge in [-0.2, -0.15) is 0 Å². The highest BCUT2D eigenvalue weighted by molar-refractivity contribution is 5.76. The number of nitrogens with one attached hydrogen (secondary N) is 1. The third kappa shape index (κ3) is 59.6. The van der Waals surface area contributed by atoms with Crippen molar-refractivity contribution in [3.8, 4) is 0 Å². The maximum absolute atomic E-state index is 12.5. The van der Waals surface area contributed by atoms with E-state index >= 15 is 0 Å². The predicted molar refractivity (Wildman–Crippen MR) is 324 cm³/mol. The molecule has 0 spiro atoms. The summed E-state index contributed by atoms with van der Waals surface area (Å²) in [6.07, 6.45) is 79.5. The largest absolute Gasteiger partial charge is 0.466 e. The van der Waals surface area contributed by atoms with Crippen molar-refractivity contribution in [3.63, 3.8) is 0 Å². The molecule has 438 valence electrons. The summed E-state index contributed by atoms with van der Waals surface area (Å²) < 4.78 is 5.50. The van der Waals surface area contributed by atoms with Crippen molar-refractivity contribution in [2.24, 2.45) is 0 Å². The Labute approximate surface area is 462 Å². The van der Waals surface area contributed by atoms with Gasteiger partial charge in [0.05, 0.1) is 25.4 Å². The molecule has 0 radical (unpaired) electrons. The summed E-state index contributed by atoms with van der Waals surface area (Å²) in [6.45, 7) is 4.93. The lowest BCUT2D eigenvalue weighted by Gasteiger charge is -2.20. The van der Waals surface area contributed by atoms with E-state index in [1.165, 1.54) is 302 Å². The summed E-state index contributed by atoms with van der Waals surface area (Å²) in [6, 6.07) is -0.634. The maximum atomic E-state index is 12.5. The first-order chi connectivity index (χ1) is 36.5. The number of unbranched alkanes of at least 4 members (excludes halogenated alkanes) is 50. The third-order valence-electron chi connectivity index (χ3n) is 15.7. The molecule has 6 heteroatoms. The van der Waals surface area contributed by atoms with Crippen molar-refractivity contribution >= 4 is 11.9 Å². The quantitative estimate of drug-likeness (QED) is 0.0320. The number of rotatable bonds is 63. The fourth-order valence-corrected chi connectivity index (χ4v) is 10.6. The van der Waals surface area contributed by atoms with Crippen LogP contribution >= 0.6 is 0 Å². The van der Waals surface area contributed by atoms with Gasteiger partial charge >= 0.3 is 5.97 Å². The zero-order valence-corrected chi connectivity index (χ0v) is 50.1. The molecule has 1 amide bonds. The summed E-state index contributed by atoms with van der Waals surface area (Å²) in [5.74, 6) is -0.0601. The van der Waals surface area contributed by atoms with Crippen molar-refractivity contribution in [1.82, 2.24) is 5.32 Å². The third-order valence-corrected chi connectivity index (χ3v) is 15.7. The van der Waals surface area contributed by atoms with E-state index < -0.39 is 12.1 Å². The van der Waals surface area contributed by atoms with Crippen molar-refractivity contribution in [2.75, 3.05) is 13.2 Å². The maximum Gasteiger partial charge on any atom is 0.305 e. The molecule has 0 aromatic rings. The zero-order chi connectivity index (χ0) is 53.6. The van der Waals surface area contributed by atoms with Crippen molar-refractivity contribution in [2.45, 2.75) is 386 Å². The molecule has 0 aliphatic rings. The summed E-state index contributed by atoms with van der Waals surface area (Å²) in [7, 11) is 0. The molecule has 0 aromatic carbocycles. The number of carbonyl (C=O) groups excluding carboxylic acids is 2. The summed E-state index contributed by atoms with van der Waals surface area (Å²) in [5.41, 5.74) is 0. The van der Waals surface area contributed by atoms with Gasteiger partial charge in [0.25, 0.3) is 0 Å². The fourth-order valence-electron chi connectivity index (χ4n) is 10.6. The zero-order valence-electron chi connectivity index (χ0n) is 50.1. The van der Waals surface area contributed by atoms with E-state index in [2.05, 4.69) is 31.3 Å². The monoisotopic (exact) mass is 1040 g/mol. The van der Waals surface area contributed by atoms with Crippen LogP contribution in [-0.2, 0) is 14.3 Å². The second-order valence-corrected chi connectivity index (χ2v) is 23.2. The first-order valence-electron chi connectivity index (χ1n) is 33.6. The van der Waals surface area contributed by atoms with E-state index in [9.17, 15) is 19.8 Å². The average molecular weight is 1040 g/mol. The Balaban J connectivity index is 3.42. The molecule has 0 saturated carbocycles. The van der Waals surface area contributed by atoms with Crippen LogP contribution in [0.3, 0.4) is 0 Å². The van der Waals surface area contributed by atoms with Gasteiger partial charge in [-0.05, 0) is 57.8 Å². The van der Waals surface area contributed by atoms with Crippen LogP contribution in [0.4, 0.5) is 0 Å². The average Bonchev–Trinajstić information content (AvgIpc) is 3.40. The van der Waals surface area contributed by atoms with E-state index in [0.29, 0.717) is 19.4 Å². The Bertz CT molecular complexity index is 1150. The lowest BCUT2D eigenvalue weighted by atomic mass is 10.0. The lowest BCUT2D eigenvalue weighted by Crippen LogP contribution is -2.45. The second-order valence-electron chi connectivity index (χ2n) is 23.2. The number of amides is 1. The topological polar surface area (TPSA) is 95.9 Å². The molecule has 0 aliphatic carbocycles. The van der Waals surface area contributed by atoms with Crippen LogP contribution in [0.2, 0.25) is 0 Å². The van der Waals surface area contributed by atoms with Gasteiger partial charge in [0, 0.05) is 12.8 Å².